The molecule has 0 bridgehead atoms. The summed E-state index contributed by atoms with van der Waals surface area (Å²) >= 11 is 1.70. The minimum Gasteiger partial charge on any atom is -0.508 e. The first-order chi connectivity index (χ1) is 14.5. The zero-order valence-electron chi connectivity index (χ0n) is 16.8. The minimum atomic E-state index is -0.174. The number of hydrogen-bond donors (Lipinski definition) is 2. The minimum absolute atomic E-state index is 0.0643. The van der Waals surface area contributed by atoms with Gasteiger partial charge in [0.15, 0.2) is 5.78 Å². The number of aromatic nitrogens is 1. The molecule has 0 radical (unpaired) electrons. The van der Waals surface area contributed by atoms with Crippen molar-refractivity contribution < 1.29 is 14.4 Å². The topological polar surface area (TPSA) is 75.4 Å². The molecule has 1 aliphatic carbocycles. The van der Waals surface area contributed by atoms with Gasteiger partial charge < -0.3 is 14.9 Å². The summed E-state index contributed by atoms with van der Waals surface area (Å²) in [6.07, 6.45) is 3.21. The number of aryl methyl sites for hydroxylation is 1. The van der Waals surface area contributed by atoms with E-state index in [2.05, 4.69) is 41.0 Å². The summed E-state index contributed by atoms with van der Waals surface area (Å²) < 4.78 is 5.58. The highest BCUT2D eigenvalue weighted by Gasteiger charge is 2.41. The first-order valence-electron chi connectivity index (χ1n) is 9.97. The van der Waals surface area contributed by atoms with Crippen LogP contribution in [-0.2, 0) is 4.79 Å². The Balaban J connectivity index is 1.59. The van der Waals surface area contributed by atoms with E-state index >= 15 is 0 Å². The molecule has 152 valence electrons. The predicted molar refractivity (Wildman–Crippen MR) is 117 cm³/mol. The Kier molecular flexibility index (Phi) is 4.66. The lowest BCUT2D eigenvalue weighted by atomic mass is 9.72. The van der Waals surface area contributed by atoms with Gasteiger partial charge in [-0.3, -0.25) is 4.79 Å². The summed E-state index contributed by atoms with van der Waals surface area (Å²) in [5.41, 5.74) is 5.60. The molecule has 30 heavy (non-hydrogen) atoms. The molecule has 0 saturated heterocycles. The van der Waals surface area contributed by atoms with E-state index in [1.54, 1.807) is 23.9 Å². The van der Waals surface area contributed by atoms with Crippen molar-refractivity contribution in [1.82, 2.24) is 5.16 Å². The molecule has 5 nitrogen and oxygen atoms in total. The van der Waals surface area contributed by atoms with Crippen molar-refractivity contribution in [3.8, 4) is 5.75 Å². The number of phenolic OH excluding ortho intramolecular Hbond substituents is 1. The number of anilines is 1. The Morgan fingerprint density at radius 1 is 1.07 bits per heavy atom. The maximum absolute atomic E-state index is 13.4. The fourth-order valence-electron chi connectivity index (χ4n) is 4.58. The Hall–Kier alpha value is -2.99. The van der Waals surface area contributed by atoms with Crippen LogP contribution in [0.2, 0.25) is 0 Å². The molecule has 3 aromatic rings. The number of ketones is 1. The molecule has 2 heterocycles. The average molecular weight is 419 g/mol. The summed E-state index contributed by atoms with van der Waals surface area (Å²) in [5, 5.41) is 17.1. The molecule has 1 aliphatic heterocycles. The van der Waals surface area contributed by atoms with E-state index in [0.717, 1.165) is 33.7 Å². The van der Waals surface area contributed by atoms with Crippen LogP contribution in [0, 0.1) is 6.92 Å². The summed E-state index contributed by atoms with van der Waals surface area (Å²) in [6.45, 7) is 1.92. The zero-order chi connectivity index (χ0) is 20.8. The predicted octanol–water partition coefficient (Wildman–Crippen LogP) is 5.37. The first kappa shape index (κ1) is 19.0. The molecule has 2 atom stereocenters. The third-order valence-electron chi connectivity index (χ3n) is 6.07. The number of Topliss-reactive ketones (excluding diaryl/α,β-unsaturated/α-hetero) is 1. The Morgan fingerprint density at radius 2 is 1.77 bits per heavy atom. The molecule has 6 heteroatoms. The van der Waals surface area contributed by atoms with Crippen molar-refractivity contribution in [2.75, 3.05) is 11.6 Å². The molecular weight excluding hydrogens is 396 g/mol. The van der Waals surface area contributed by atoms with Crippen LogP contribution in [-0.4, -0.2) is 22.3 Å². The molecular formula is C24H22N2O3S. The number of fused-ring (bicyclic) bond motifs is 1. The molecule has 5 rings (SSSR count). The van der Waals surface area contributed by atoms with Crippen LogP contribution in [0.5, 0.6) is 5.75 Å². The summed E-state index contributed by atoms with van der Waals surface area (Å²) in [5.74, 6) is 0.893. The van der Waals surface area contributed by atoms with Crippen LogP contribution in [0.15, 0.2) is 69.2 Å². The number of hydrogen-bond acceptors (Lipinski definition) is 6. The van der Waals surface area contributed by atoms with Crippen molar-refractivity contribution in [1.29, 1.82) is 0 Å². The van der Waals surface area contributed by atoms with Crippen LogP contribution in [0.1, 0.15) is 47.1 Å². The van der Waals surface area contributed by atoms with Gasteiger partial charge in [0.2, 0.25) is 5.88 Å². The number of allylic oxidation sites excluding steroid dienone is 2. The van der Waals surface area contributed by atoms with Gasteiger partial charge in [0.1, 0.15) is 5.75 Å². The third kappa shape index (κ3) is 3.12. The zero-order valence-corrected chi connectivity index (χ0v) is 17.6. The fraction of sp³-hybridized carbons (Fsp3) is 0.250. The molecule has 0 saturated carbocycles. The van der Waals surface area contributed by atoms with Crippen LogP contribution >= 0.6 is 11.8 Å². The van der Waals surface area contributed by atoms with Crippen molar-refractivity contribution in [3.63, 3.8) is 0 Å². The molecule has 0 amide bonds. The van der Waals surface area contributed by atoms with Crippen molar-refractivity contribution >= 4 is 23.4 Å². The van der Waals surface area contributed by atoms with Gasteiger partial charge >= 0.3 is 0 Å². The number of carbonyl (C=O) groups is 1. The lowest BCUT2D eigenvalue weighted by Crippen LogP contribution is -2.29. The Bertz CT molecular complexity index is 1150. The lowest BCUT2D eigenvalue weighted by molar-refractivity contribution is -0.116. The number of aromatic hydroxyl groups is 1. The lowest BCUT2D eigenvalue weighted by Gasteiger charge is -2.34. The number of benzene rings is 2. The quantitative estimate of drug-likeness (QED) is 0.557. The first-order valence-corrected chi connectivity index (χ1v) is 11.2. The van der Waals surface area contributed by atoms with Gasteiger partial charge in [-0.2, -0.15) is 0 Å². The maximum atomic E-state index is 13.4. The molecule has 0 spiro atoms. The van der Waals surface area contributed by atoms with Gasteiger partial charge in [0.25, 0.3) is 0 Å². The fourth-order valence-corrected chi connectivity index (χ4v) is 4.99. The van der Waals surface area contributed by atoms with E-state index in [0.29, 0.717) is 18.7 Å². The third-order valence-corrected chi connectivity index (χ3v) is 6.82. The highest BCUT2D eigenvalue weighted by Crippen LogP contribution is 2.49. The second-order valence-corrected chi connectivity index (χ2v) is 8.73. The van der Waals surface area contributed by atoms with E-state index in [1.807, 2.05) is 19.1 Å². The van der Waals surface area contributed by atoms with Crippen LogP contribution in [0.25, 0.3) is 0 Å². The Morgan fingerprint density at radius 3 is 2.47 bits per heavy atom. The standard InChI is InChI=1S/C24H22N2O3S/c1-13-21-22(15-5-9-18(30-2)10-6-15)23-19(25-24(21)29-26-13)11-16(12-20(23)28)14-3-7-17(27)8-4-14/h3-10,16,22,25,27H,11-12H2,1-2H3. The van der Waals surface area contributed by atoms with Gasteiger partial charge in [0, 0.05) is 28.5 Å². The summed E-state index contributed by atoms with van der Waals surface area (Å²) in [7, 11) is 0. The maximum Gasteiger partial charge on any atom is 0.233 e. The smallest absolute Gasteiger partial charge is 0.233 e. The van der Waals surface area contributed by atoms with E-state index in [9.17, 15) is 9.90 Å². The highest BCUT2D eigenvalue weighted by molar-refractivity contribution is 7.98. The molecule has 2 aromatic carbocycles. The second kappa shape index (κ2) is 7.36. The number of rotatable bonds is 3. The number of phenols is 1. The number of nitrogens with zero attached hydrogens (tertiary/aromatic N) is 1. The molecule has 2 unspecified atom stereocenters. The van der Waals surface area contributed by atoms with Gasteiger partial charge in [-0.25, -0.2) is 0 Å². The van der Waals surface area contributed by atoms with Crippen molar-refractivity contribution in [2.24, 2.45) is 0 Å². The van der Waals surface area contributed by atoms with E-state index in [1.165, 1.54) is 4.90 Å². The summed E-state index contributed by atoms with van der Waals surface area (Å²) in [6, 6.07) is 15.5. The van der Waals surface area contributed by atoms with Crippen LogP contribution in [0.3, 0.4) is 0 Å². The molecule has 2 aliphatic rings. The molecule has 2 N–H and O–H groups in total. The van der Waals surface area contributed by atoms with Crippen LogP contribution < -0.4 is 5.32 Å². The molecule has 1 aromatic heterocycles. The summed E-state index contributed by atoms with van der Waals surface area (Å²) in [4.78, 5) is 14.6. The highest BCUT2D eigenvalue weighted by atomic mass is 32.2. The van der Waals surface area contributed by atoms with E-state index < -0.39 is 0 Å². The Labute approximate surface area is 179 Å². The van der Waals surface area contributed by atoms with Gasteiger partial charge in [-0.05, 0) is 60.9 Å². The number of nitrogens with one attached hydrogen (secondary N) is 1. The SMILES string of the molecule is CSc1ccc(C2C3=C(CC(c4ccc(O)cc4)CC3=O)Nc3onc(C)c32)cc1. The molecule has 0 fully saturated rings. The normalized spacial score (nSPS) is 20.5. The van der Waals surface area contributed by atoms with Gasteiger partial charge in [-0.1, -0.05) is 29.4 Å². The largest absolute Gasteiger partial charge is 0.508 e. The van der Waals surface area contributed by atoms with Crippen molar-refractivity contribution in [3.05, 3.63) is 82.2 Å². The van der Waals surface area contributed by atoms with E-state index in [-0.39, 0.29) is 23.4 Å². The van der Waals surface area contributed by atoms with Crippen LogP contribution in [0.4, 0.5) is 5.88 Å². The van der Waals surface area contributed by atoms with Gasteiger partial charge in [-0.15, -0.1) is 11.8 Å². The average Bonchev–Trinajstić information content (AvgIpc) is 3.13. The number of carbonyl (C=O) groups excluding carboxylic acids is 1. The van der Waals surface area contributed by atoms with E-state index in [4.69, 9.17) is 4.52 Å². The van der Waals surface area contributed by atoms with Gasteiger partial charge in [0.05, 0.1) is 11.3 Å². The monoisotopic (exact) mass is 418 g/mol. The number of thioether (sulfide) groups is 1. The second-order valence-electron chi connectivity index (χ2n) is 7.85. The van der Waals surface area contributed by atoms with Crippen molar-refractivity contribution in [2.45, 2.75) is 36.5 Å².